The zero-order valence-corrected chi connectivity index (χ0v) is 13.7. The van der Waals surface area contributed by atoms with Crippen molar-refractivity contribution in [2.75, 3.05) is 0 Å². The van der Waals surface area contributed by atoms with Gasteiger partial charge in [-0.2, -0.15) is 0 Å². The van der Waals surface area contributed by atoms with Crippen molar-refractivity contribution in [2.24, 2.45) is 0 Å². The first-order chi connectivity index (χ1) is 10.4. The molecule has 3 nitrogen and oxygen atoms in total. The van der Waals surface area contributed by atoms with Gasteiger partial charge in [-0.15, -0.1) is 0 Å². The maximum Gasteiger partial charge on any atom is 0.497 e. The molecule has 2 heterocycles. The van der Waals surface area contributed by atoms with Crippen LogP contribution in [0.2, 0.25) is 0 Å². The van der Waals surface area contributed by atoms with E-state index in [2.05, 4.69) is 63.0 Å². The van der Waals surface area contributed by atoms with Gasteiger partial charge in [0.2, 0.25) is 0 Å². The van der Waals surface area contributed by atoms with E-state index in [9.17, 15) is 0 Å². The Balaban J connectivity index is 1.90. The van der Waals surface area contributed by atoms with Crippen LogP contribution in [0.25, 0.3) is 23.1 Å². The summed E-state index contributed by atoms with van der Waals surface area (Å²) in [4.78, 5) is 3.57. The molecule has 1 N–H and O–H groups in total. The van der Waals surface area contributed by atoms with Crippen LogP contribution in [0, 0.1) is 0 Å². The molecule has 2 aliphatic rings. The van der Waals surface area contributed by atoms with Crippen LogP contribution in [0.15, 0.2) is 18.2 Å². The number of aromatic amines is 1. The number of aromatic nitrogens is 1. The number of hydrogen-bond acceptors (Lipinski definition) is 2. The van der Waals surface area contributed by atoms with Crippen LogP contribution < -0.4 is 16.0 Å². The van der Waals surface area contributed by atoms with Gasteiger partial charge < -0.3 is 14.3 Å². The van der Waals surface area contributed by atoms with Gasteiger partial charge in [0.25, 0.3) is 0 Å². The molecule has 2 aromatic rings. The Morgan fingerprint density at radius 3 is 2.41 bits per heavy atom. The second-order valence-corrected chi connectivity index (χ2v) is 7.30. The third kappa shape index (κ3) is 1.90. The Labute approximate surface area is 131 Å². The first-order valence-corrected chi connectivity index (χ1v) is 8.06. The molecular weight excluding hydrogens is 273 g/mol. The molecule has 1 aliphatic heterocycles. The van der Waals surface area contributed by atoms with Gasteiger partial charge >= 0.3 is 7.12 Å². The molecule has 0 atom stereocenters. The fraction of sp³-hybridized carbons (Fsp3) is 0.444. The highest BCUT2D eigenvalue weighted by molar-refractivity contribution is 6.65. The average molecular weight is 295 g/mol. The lowest BCUT2D eigenvalue weighted by atomic mass is 9.78. The van der Waals surface area contributed by atoms with Crippen molar-refractivity contribution in [3.8, 4) is 0 Å². The fourth-order valence-corrected chi connectivity index (χ4v) is 3.28. The van der Waals surface area contributed by atoms with Crippen LogP contribution >= 0.6 is 0 Å². The van der Waals surface area contributed by atoms with E-state index in [1.165, 1.54) is 16.0 Å². The Morgan fingerprint density at radius 2 is 1.68 bits per heavy atom. The van der Waals surface area contributed by atoms with E-state index in [1.54, 1.807) is 0 Å². The molecule has 1 saturated heterocycles. The van der Waals surface area contributed by atoms with Crippen molar-refractivity contribution in [3.05, 3.63) is 28.8 Å². The molecule has 0 amide bonds. The third-order valence-corrected chi connectivity index (χ3v) is 5.31. The van der Waals surface area contributed by atoms with Gasteiger partial charge in [0.05, 0.1) is 11.2 Å². The van der Waals surface area contributed by atoms with Crippen molar-refractivity contribution in [3.63, 3.8) is 0 Å². The first kappa shape index (κ1) is 14.1. The van der Waals surface area contributed by atoms with E-state index in [0.29, 0.717) is 0 Å². The van der Waals surface area contributed by atoms with Crippen molar-refractivity contribution < 1.29 is 9.31 Å². The molecule has 0 saturated carbocycles. The number of fused-ring (bicyclic) bond motifs is 3. The summed E-state index contributed by atoms with van der Waals surface area (Å²) in [6.07, 6.45) is 6.82. The molecular formula is C18H22BNO2. The number of para-hydroxylation sites is 1. The van der Waals surface area contributed by atoms with E-state index >= 15 is 0 Å². The lowest BCUT2D eigenvalue weighted by Gasteiger charge is -2.32. The van der Waals surface area contributed by atoms with Crippen molar-refractivity contribution >= 4 is 35.6 Å². The van der Waals surface area contributed by atoms with Crippen LogP contribution in [0.4, 0.5) is 0 Å². The van der Waals surface area contributed by atoms with Gasteiger partial charge in [0.1, 0.15) is 0 Å². The number of rotatable bonds is 1. The lowest BCUT2D eigenvalue weighted by molar-refractivity contribution is 0.00578. The quantitative estimate of drug-likeness (QED) is 0.814. The standard InChI is InChI=1S/C18H22BNO2/c1-17(2)18(3,4)22-19(21-17)14-10-7-9-13-12-8-5-6-11-15(12)20-16(13)14/h7-11,20H,5-6H2,1-4H3. The summed E-state index contributed by atoms with van der Waals surface area (Å²) in [6.45, 7) is 8.37. The molecule has 1 aliphatic carbocycles. The van der Waals surface area contributed by atoms with E-state index < -0.39 is 0 Å². The van der Waals surface area contributed by atoms with Gasteiger partial charge in [0, 0.05) is 26.9 Å². The Kier molecular flexibility index (Phi) is 2.88. The second-order valence-electron chi connectivity index (χ2n) is 7.30. The molecule has 4 rings (SSSR count). The zero-order chi connectivity index (χ0) is 15.5. The number of nitrogens with one attached hydrogen (secondary N) is 1. The molecule has 4 heteroatoms. The highest BCUT2D eigenvalue weighted by Gasteiger charge is 2.52. The van der Waals surface area contributed by atoms with Gasteiger partial charge in [-0.05, 0) is 40.5 Å². The average Bonchev–Trinajstić information content (AvgIpc) is 2.93. The third-order valence-electron chi connectivity index (χ3n) is 5.31. The smallest absolute Gasteiger partial charge is 0.399 e. The molecule has 1 aromatic carbocycles. The fourth-order valence-electron chi connectivity index (χ4n) is 3.28. The molecule has 0 radical (unpaired) electrons. The maximum absolute atomic E-state index is 6.23. The first-order valence-electron chi connectivity index (χ1n) is 8.06. The highest BCUT2D eigenvalue weighted by Crippen LogP contribution is 2.36. The topological polar surface area (TPSA) is 34.2 Å². The lowest BCUT2D eigenvalue weighted by Crippen LogP contribution is -2.41. The van der Waals surface area contributed by atoms with Crippen LogP contribution in [0.5, 0.6) is 0 Å². The summed E-state index contributed by atoms with van der Waals surface area (Å²) in [5.41, 5.74) is 1.60. The van der Waals surface area contributed by atoms with Gasteiger partial charge in [-0.25, -0.2) is 0 Å². The van der Waals surface area contributed by atoms with E-state index in [-0.39, 0.29) is 18.3 Å². The van der Waals surface area contributed by atoms with Crippen molar-refractivity contribution in [1.29, 1.82) is 0 Å². The van der Waals surface area contributed by atoms with E-state index in [0.717, 1.165) is 23.8 Å². The number of benzene rings is 1. The predicted octanol–water partition coefficient (Wildman–Crippen LogP) is 1.82. The molecule has 22 heavy (non-hydrogen) atoms. The molecule has 1 fully saturated rings. The number of H-pyrrole nitrogens is 1. The summed E-state index contributed by atoms with van der Waals surface area (Å²) < 4.78 is 12.5. The summed E-state index contributed by atoms with van der Waals surface area (Å²) in [5.74, 6) is 0. The van der Waals surface area contributed by atoms with Gasteiger partial charge in [0.15, 0.2) is 0 Å². The Morgan fingerprint density at radius 1 is 1.00 bits per heavy atom. The second kappa shape index (κ2) is 4.50. The minimum Gasteiger partial charge on any atom is -0.399 e. The SMILES string of the molecule is CC1(C)OB(c2cccc3c4c([nH]c23)=CCCC=4)OC1(C)C. The van der Waals surface area contributed by atoms with Gasteiger partial charge in [-0.3, -0.25) is 0 Å². The molecule has 0 unspecified atom stereocenters. The minimum absolute atomic E-state index is 0.315. The number of hydrogen-bond donors (Lipinski definition) is 1. The zero-order valence-electron chi connectivity index (χ0n) is 13.7. The van der Waals surface area contributed by atoms with Crippen molar-refractivity contribution in [1.82, 2.24) is 4.98 Å². The van der Waals surface area contributed by atoms with Crippen LogP contribution in [-0.4, -0.2) is 23.3 Å². The van der Waals surface area contributed by atoms with E-state index in [4.69, 9.17) is 9.31 Å². The molecule has 114 valence electrons. The van der Waals surface area contributed by atoms with E-state index in [1.807, 2.05) is 0 Å². The van der Waals surface area contributed by atoms with Crippen molar-refractivity contribution in [2.45, 2.75) is 51.7 Å². The molecule has 1 aromatic heterocycles. The normalized spacial score (nSPS) is 22.3. The minimum atomic E-state index is -0.325. The summed E-state index contributed by atoms with van der Waals surface area (Å²) >= 11 is 0. The summed E-state index contributed by atoms with van der Waals surface area (Å²) in [7, 11) is -0.325. The monoisotopic (exact) mass is 295 g/mol. The molecule has 0 spiro atoms. The largest absolute Gasteiger partial charge is 0.497 e. The molecule has 0 bridgehead atoms. The van der Waals surface area contributed by atoms with Crippen LogP contribution in [0.1, 0.15) is 40.5 Å². The highest BCUT2D eigenvalue weighted by atomic mass is 16.7. The maximum atomic E-state index is 6.23. The predicted molar refractivity (Wildman–Crippen MR) is 91.4 cm³/mol. The Bertz CT molecular complexity index is 847. The van der Waals surface area contributed by atoms with Crippen LogP contribution in [-0.2, 0) is 9.31 Å². The Hall–Kier alpha value is -1.52. The summed E-state index contributed by atoms with van der Waals surface area (Å²) in [5, 5.41) is 3.81. The van der Waals surface area contributed by atoms with Gasteiger partial charge in [-0.1, -0.05) is 30.4 Å². The van der Waals surface area contributed by atoms with Crippen LogP contribution in [0.3, 0.4) is 0 Å². The summed E-state index contributed by atoms with van der Waals surface area (Å²) in [6, 6.07) is 6.38.